The van der Waals surface area contributed by atoms with Crippen LogP contribution in [0.1, 0.15) is 24.0 Å². The normalized spacial score (nSPS) is 13.7. The molecule has 1 aliphatic heterocycles. The molecule has 100 valence electrons. The largest absolute Gasteiger partial charge is 0.486 e. The van der Waals surface area contributed by atoms with Crippen LogP contribution in [-0.2, 0) is 17.8 Å². The molecule has 4 heteroatoms. The maximum absolute atomic E-state index is 5.76. The van der Waals surface area contributed by atoms with E-state index < -0.39 is 0 Å². The predicted molar refractivity (Wildman–Crippen MR) is 70.1 cm³/mol. The first kappa shape index (κ1) is 13.2. The van der Waals surface area contributed by atoms with E-state index in [1.807, 2.05) is 6.07 Å². The van der Waals surface area contributed by atoms with E-state index in [9.17, 15) is 0 Å². The SMILES string of the molecule is COCc1ccc2c(c1CCCCN)OCCO2. The standard InChI is InChI=1S/C14H21NO3/c1-16-10-11-5-6-13-14(18-9-8-17-13)12(11)4-2-3-7-15/h5-6H,2-4,7-10,15H2,1H3. The zero-order valence-electron chi connectivity index (χ0n) is 10.9. The van der Waals surface area contributed by atoms with Gasteiger partial charge >= 0.3 is 0 Å². The minimum absolute atomic E-state index is 0.606. The van der Waals surface area contributed by atoms with Gasteiger partial charge in [-0.3, -0.25) is 0 Å². The maximum Gasteiger partial charge on any atom is 0.164 e. The van der Waals surface area contributed by atoms with E-state index in [0.717, 1.165) is 37.3 Å². The zero-order valence-corrected chi connectivity index (χ0v) is 10.9. The van der Waals surface area contributed by atoms with Gasteiger partial charge in [0.2, 0.25) is 0 Å². The van der Waals surface area contributed by atoms with E-state index in [4.69, 9.17) is 19.9 Å². The summed E-state index contributed by atoms with van der Waals surface area (Å²) in [7, 11) is 1.71. The average Bonchev–Trinajstić information content (AvgIpc) is 2.41. The minimum Gasteiger partial charge on any atom is -0.486 e. The average molecular weight is 251 g/mol. The molecule has 18 heavy (non-hydrogen) atoms. The lowest BCUT2D eigenvalue weighted by atomic mass is 10.00. The smallest absolute Gasteiger partial charge is 0.164 e. The topological polar surface area (TPSA) is 53.7 Å². The van der Waals surface area contributed by atoms with Crippen molar-refractivity contribution in [3.05, 3.63) is 23.3 Å². The Morgan fingerprint density at radius 1 is 1.22 bits per heavy atom. The lowest BCUT2D eigenvalue weighted by Crippen LogP contribution is -2.17. The van der Waals surface area contributed by atoms with Gasteiger partial charge in [-0.15, -0.1) is 0 Å². The molecule has 0 amide bonds. The number of nitrogens with two attached hydrogens (primary N) is 1. The van der Waals surface area contributed by atoms with Gasteiger partial charge in [-0.05, 0) is 37.4 Å². The number of benzene rings is 1. The summed E-state index contributed by atoms with van der Waals surface area (Å²) in [6, 6.07) is 4.03. The van der Waals surface area contributed by atoms with Crippen LogP contribution in [0.15, 0.2) is 12.1 Å². The van der Waals surface area contributed by atoms with Crippen molar-refractivity contribution in [1.29, 1.82) is 0 Å². The number of ether oxygens (including phenoxy) is 3. The van der Waals surface area contributed by atoms with E-state index >= 15 is 0 Å². The second-order valence-corrected chi connectivity index (χ2v) is 4.41. The third-order valence-electron chi connectivity index (χ3n) is 3.09. The Hall–Kier alpha value is -1.26. The maximum atomic E-state index is 5.76. The Bertz CT molecular complexity index is 393. The molecule has 0 spiro atoms. The predicted octanol–water partition coefficient (Wildman–Crippen LogP) is 1.89. The van der Waals surface area contributed by atoms with Crippen LogP contribution >= 0.6 is 0 Å². The van der Waals surface area contributed by atoms with Crippen LogP contribution in [0.5, 0.6) is 11.5 Å². The zero-order chi connectivity index (χ0) is 12.8. The molecule has 2 rings (SSSR count). The molecule has 0 saturated heterocycles. The quantitative estimate of drug-likeness (QED) is 0.784. The van der Waals surface area contributed by atoms with Crippen molar-refractivity contribution in [2.45, 2.75) is 25.9 Å². The molecule has 0 unspecified atom stereocenters. The van der Waals surface area contributed by atoms with E-state index in [-0.39, 0.29) is 0 Å². The van der Waals surface area contributed by atoms with Crippen molar-refractivity contribution in [2.75, 3.05) is 26.9 Å². The number of hydrogen-bond donors (Lipinski definition) is 1. The Morgan fingerprint density at radius 2 is 2.06 bits per heavy atom. The van der Waals surface area contributed by atoms with Gasteiger partial charge in [0.15, 0.2) is 11.5 Å². The molecular weight excluding hydrogens is 230 g/mol. The molecule has 1 aromatic carbocycles. The van der Waals surface area contributed by atoms with Crippen LogP contribution < -0.4 is 15.2 Å². The molecule has 4 nitrogen and oxygen atoms in total. The number of unbranched alkanes of at least 4 members (excludes halogenated alkanes) is 1. The van der Waals surface area contributed by atoms with Gasteiger partial charge < -0.3 is 19.9 Å². The molecule has 1 heterocycles. The summed E-state index contributed by atoms with van der Waals surface area (Å²) in [5, 5.41) is 0. The van der Waals surface area contributed by atoms with E-state index in [0.29, 0.717) is 19.8 Å². The van der Waals surface area contributed by atoms with Crippen LogP contribution in [0.25, 0.3) is 0 Å². The molecule has 1 aliphatic rings. The summed E-state index contributed by atoms with van der Waals surface area (Å²) >= 11 is 0. The van der Waals surface area contributed by atoms with Crippen LogP contribution in [0.2, 0.25) is 0 Å². The molecule has 0 aliphatic carbocycles. The van der Waals surface area contributed by atoms with Crippen LogP contribution in [0.4, 0.5) is 0 Å². The highest BCUT2D eigenvalue weighted by molar-refractivity contribution is 5.51. The highest BCUT2D eigenvalue weighted by atomic mass is 16.6. The van der Waals surface area contributed by atoms with Gasteiger partial charge in [-0.1, -0.05) is 6.07 Å². The molecule has 2 N–H and O–H groups in total. The Kier molecular flexibility index (Phi) is 4.84. The summed E-state index contributed by atoms with van der Waals surface area (Å²) < 4.78 is 16.6. The van der Waals surface area contributed by atoms with Gasteiger partial charge in [0.1, 0.15) is 13.2 Å². The fourth-order valence-corrected chi connectivity index (χ4v) is 2.23. The van der Waals surface area contributed by atoms with E-state index in [1.54, 1.807) is 7.11 Å². The second-order valence-electron chi connectivity index (χ2n) is 4.41. The molecule has 1 aromatic rings. The van der Waals surface area contributed by atoms with Crippen molar-refractivity contribution in [3.8, 4) is 11.5 Å². The van der Waals surface area contributed by atoms with Crippen molar-refractivity contribution < 1.29 is 14.2 Å². The number of rotatable bonds is 6. The Labute approximate surface area is 108 Å². The van der Waals surface area contributed by atoms with Gasteiger partial charge in [-0.2, -0.15) is 0 Å². The highest BCUT2D eigenvalue weighted by Gasteiger charge is 2.18. The van der Waals surface area contributed by atoms with E-state index in [2.05, 4.69) is 6.07 Å². The highest BCUT2D eigenvalue weighted by Crippen LogP contribution is 2.37. The van der Waals surface area contributed by atoms with Crippen molar-refractivity contribution in [2.24, 2.45) is 5.73 Å². The molecule has 0 bridgehead atoms. The van der Waals surface area contributed by atoms with Crippen molar-refractivity contribution >= 4 is 0 Å². The summed E-state index contributed by atoms with van der Waals surface area (Å²) in [5.74, 6) is 1.75. The molecule has 0 aromatic heterocycles. The minimum atomic E-state index is 0.606. The summed E-state index contributed by atoms with van der Waals surface area (Å²) in [6.45, 7) is 2.58. The second kappa shape index (κ2) is 6.61. The third kappa shape index (κ3) is 2.94. The molecular formula is C14H21NO3. The fraction of sp³-hybridized carbons (Fsp3) is 0.571. The summed E-state index contributed by atoms with van der Waals surface area (Å²) in [4.78, 5) is 0. The number of hydrogen-bond acceptors (Lipinski definition) is 4. The van der Waals surface area contributed by atoms with Gasteiger partial charge in [0, 0.05) is 12.7 Å². The van der Waals surface area contributed by atoms with Gasteiger partial charge in [0.05, 0.1) is 6.61 Å². The van der Waals surface area contributed by atoms with Crippen molar-refractivity contribution in [1.82, 2.24) is 0 Å². The summed E-state index contributed by atoms with van der Waals surface area (Å²) in [6.07, 6.45) is 3.05. The van der Waals surface area contributed by atoms with Crippen LogP contribution in [0.3, 0.4) is 0 Å². The van der Waals surface area contributed by atoms with Crippen molar-refractivity contribution in [3.63, 3.8) is 0 Å². The number of fused-ring (bicyclic) bond motifs is 1. The monoisotopic (exact) mass is 251 g/mol. The molecule has 0 fully saturated rings. The van der Waals surface area contributed by atoms with Gasteiger partial charge in [0.25, 0.3) is 0 Å². The molecule has 0 saturated carbocycles. The van der Waals surface area contributed by atoms with Crippen LogP contribution in [-0.4, -0.2) is 26.9 Å². The lowest BCUT2D eigenvalue weighted by molar-refractivity contribution is 0.165. The number of methoxy groups -OCH3 is 1. The van der Waals surface area contributed by atoms with E-state index in [1.165, 1.54) is 11.1 Å². The first-order valence-corrected chi connectivity index (χ1v) is 6.46. The molecule has 0 radical (unpaired) electrons. The Balaban J connectivity index is 2.24. The fourth-order valence-electron chi connectivity index (χ4n) is 2.23. The lowest BCUT2D eigenvalue weighted by Gasteiger charge is -2.23. The molecule has 0 atom stereocenters. The first-order chi connectivity index (χ1) is 8.86. The third-order valence-corrected chi connectivity index (χ3v) is 3.09. The Morgan fingerprint density at radius 3 is 2.83 bits per heavy atom. The summed E-state index contributed by atoms with van der Waals surface area (Å²) in [5.41, 5.74) is 7.94. The van der Waals surface area contributed by atoms with Gasteiger partial charge in [-0.25, -0.2) is 0 Å². The van der Waals surface area contributed by atoms with Crippen LogP contribution in [0, 0.1) is 0 Å². The first-order valence-electron chi connectivity index (χ1n) is 6.46.